The van der Waals surface area contributed by atoms with Crippen LogP contribution >= 0.6 is 0 Å². The predicted molar refractivity (Wildman–Crippen MR) is 54.7 cm³/mol. The second-order valence-corrected chi connectivity index (χ2v) is 4.62. The van der Waals surface area contributed by atoms with Crippen LogP contribution in [0.3, 0.4) is 0 Å². The van der Waals surface area contributed by atoms with E-state index in [-0.39, 0.29) is 11.4 Å². The predicted octanol–water partition coefficient (Wildman–Crippen LogP) is 0.311. The maximum atomic E-state index is 11.4. The maximum Gasteiger partial charge on any atom is 0.324 e. The first-order valence-corrected chi connectivity index (χ1v) is 5.04. The van der Waals surface area contributed by atoms with Crippen LogP contribution in [-0.4, -0.2) is 37.1 Å². The fourth-order valence-corrected chi connectivity index (χ4v) is 1.75. The minimum absolute atomic E-state index is 0.0314. The summed E-state index contributed by atoms with van der Waals surface area (Å²) in [7, 11) is 1.35. The number of rotatable bonds is 2. The third-order valence-electron chi connectivity index (χ3n) is 2.72. The summed E-state index contributed by atoms with van der Waals surface area (Å²) >= 11 is 0. The average Bonchev–Trinajstić information content (AvgIpc) is 2.35. The van der Waals surface area contributed by atoms with Crippen molar-refractivity contribution < 1.29 is 14.3 Å². The number of hydrogen-bond acceptors (Lipinski definition) is 4. The van der Waals surface area contributed by atoms with Gasteiger partial charge in [-0.25, -0.2) is 5.43 Å². The van der Waals surface area contributed by atoms with Crippen LogP contribution in [0.1, 0.15) is 26.7 Å². The van der Waals surface area contributed by atoms with Gasteiger partial charge in [-0.15, -0.1) is 0 Å². The minimum Gasteiger partial charge on any atom is -0.468 e. The van der Waals surface area contributed by atoms with Crippen LogP contribution in [0, 0.1) is 5.41 Å². The number of esters is 1. The number of hydrazine groups is 1. The number of ether oxygens (including phenoxy) is 1. The first-order chi connectivity index (χ1) is 6.98. The summed E-state index contributed by atoms with van der Waals surface area (Å²) in [4.78, 5) is 22.1. The number of methoxy groups -OCH3 is 1. The molecule has 1 rings (SSSR count). The van der Waals surface area contributed by atoms with E-state index in [1.54, 1.807) is 0 Å². The lowest BCUT2D eigenvalue weighted by molar-refractivity contribution is -0.145. The lowest BCUT2D eigenvalue weighted by atomic mass is 9.83. The third kappa shape index (κ3) is 3.20. The minimum atomic E-state index is -0.433. The van der Waals surface area contributed by atoms with Crippen molar-refractivity contribution in [2.24, 2.45) is 5.41 Å². The number of carbonyl (C=O) groups is 2. The molecule has 0 bridgehead atoms. The van der Waals surface area contributed by atoms with Crippen LogP contribution in [0.2, 0.25) is 0 Å². The number of hydrogen-bond donors (Lipinski definition) is 1. The fourth-order valence-electron chi connectivity index (χ4n) is 1.75. The first kappa shape index (κ1) is 12.0. The molecule has 1 heterocycles. The summed E-state index contributed by atoms with van der Waals surface area (Å²) in [6.07, 6.45) is 2.24. The van der Waals surface area contributed by atoms with E-state index in [4.69, 9.17) is 0 Å². The van der Waals surface area contributed by atoms with Crippen molar-refractivity contribution in [3.63, 3.8) is 0 Å². The summed E-state index contributed by atoms with van der Waals surface area (Å²) in [6, 6.07) is -0.433. The van der Waals surface area contributed by atoms with E-state index < -0.39 is 6.04 Å². The lowest BCUT2D eigenvalue weighted by Crippen LogP contribution is -2.47. The van der Waals surface area contributed by atoms with E-state index in [0.29, 0.717) is 19.4 Å². The van der Waals surface area contributed by atoms with Crippen LogP contribution in [0.5, 0.6) is 0 Å². The molecule has 5 heteroatoms. The van der Waals surface area contributed by atoms with Crippen LogP contribution in [0.4, 0.5) is 0 Å². The molecule has 1 amide bonds. The zero-order valence-electron chi connectivity index (χ0n) is 9.45. The summed E-state index contributed by atoms with van der Waals surface area (Å²) in [5, 5.41) is 1.41. The summed E-state index contributed by atoms with van der Waals surface area (Å²) < 4.78 is 4.69. The topological polar surface area (TPSA) is 58.6 Å². The summed E-state index contributed by atoms with van der Waals surface area (Å²) in [6.45, 7) is 4.78. The van der Waals surface area contributed by atoms with Crippen molar-refractivity contribution >= 4 is 12.4 Å². The molecule has 15 heavy (non-hydrogen) atoms. The molecule has 0 saturated carbocycles. The summed E-state index contributed by atoms with van der Waals surface area (Å²) in [5.41, 5.74) is 2.89. The van der Waals surface area contributed by atoms with E-state index in [0.717, 1.165) is 6.42 Å². The molecule has 0 spiro atoms. The molecule has 0 aromatic carbocycles. The lowest BCUT2D eigenvalue weighted by Gasteiger charge is -2.24. The quantitative estimate of drug-likeness (QED) is 0.531. The average molecular weight is 214 g/mol. The van der Waals surface area contributed by atoms with Gasteiger partial charge in [0.25, 0.3) is 0 Å². The van der Waals surface area contributed by atoms with Crippen LogP contribution in [-0.2, 0) is 14.3 Å². The van der Waals surface area contributed by atoms with Crippen molar-refractivity contribution in [2.45, 2.75) is 32.7 Å². The standard InChI is InChI=1S/C10H18N2O3/c1-10(2)4-5-12(7-13)11-8(6-10)9(14)15-3/h7-8,11H,4-6H2,1-3H3. The van der Waals surface area contributed by atoms with E-state index in [9.17, 15) is 9.59 Å². The van der Waals surface area contributed by atoms with Crippen molar-refractivity contribution in [3.8, 4) is 0 Å². The van der Waals surface area contributed by atoms with Crippen LogP contribution < -0.4 is 5.43 Å². The van der Waals surface area contributed by atoms with Gasteiger partial charge in [-0.1, -0.05) is 13.8 Å². The van der Waals surface area contributed by atoms with E-state index >= 15 is 0 Å². The second-order valence-electron chi connectivity index (χ2n) is 4.62. The van der Waals surface area contributed by atoms with Gasteiger partial charge in [0.15, 0.2) is 0 Å². The Hall–Kier alpha value is -1.10. The Morgan fingerprint density at radius 3 is 2.80 bits per heavy atom. The molecule has 5 nitrogen and oxygen atoms in total. The molecule has 1 N–H and O–H groups in total. The Balaban J connectivity index is 2.75. The molecule has 1 fully saturated rings. The highest BCUT2D eigenvalue weighted by atomic mass is 16.5. The molecule has 1 aliphatic heterocycles. The van der Waals surface area contributed by atoms with Crippen molar-refractivity contribution in [1.82, 2.24) is 10.4 Å². The van der Waals surface area contributed by atoms with E-state index in [1.807, 2.05) is 0 Å². The van der Waals surface area contributed by atoms with Gasteiger partial charge in [-0.05, 0) is 18.3 Å². The molecule has 0 radical (unpaired) electrons. The van der Waals surface area contributed by atoms with E-state index in [2.05, 4.69) is 24.0 Å². The number of nitrogens with zero attached hydrogens (tertiary/aromatic N) is 1. The zero-order valence-corrected chi connectivity index (χ0v) is 9.45. The van der Waals surface area contributed by atoms with Crippen LogP contribution in [0.15, 0.2) is 0 Å². The molecule has 0 aromatic rings. The summed E-state index contributed by atoms with van der Waals surface area (Å²) in [5.74, 6) is -0.322. The molecular formula is C10H18N2O3. The maximum absolute atomic E-state index is 11.4. The Kier molecular flexibility index (Phi) is 3.68. The highest BCUT2D eigenvalue weighted by Gasteiger charge is 2.33. The smallest absolute Gasteiger partial charge is 0.324 e. The van der Waals surface area contributed by atoms with Crippen molar-refractivity contribution in [3.05, 3.63) is 0 Å². The Morgan fingerprint density at radius 2 is 2.27 bits per heavy atom. The van der Waals surface area contributed by atoms with Gasteiger partial charge < -0.3 is 4.74 Å². The van der Waals surface area contributed by atoms with Crippen molar-refractivity contribution in [1.29, 1.82) is 0 Å². The van der Waals surface area contributed by atoms with Gasteiger partial charge >= 0.3 is 5.97 Å². The molecule has 0 aromatic heterocycles. The Labute approximate surface area is 89.7 Å². The monoisotopic (exact) mass is 214 g/mol. The third-order valence-corrected chi connectivity index (χ3v) is 2.72. The second kappa shape index (κ2) is 4.61. The van der Waals surface area contributed by atoms with Gasteiger partial charge in [-0.2, -0.15) is 0 Å². The number of nitrogens with one attached hydrogen (secondary N) is 1. The molecule has 1 unspecified atom stereocenters. The van der Waals surface area contributed by atoms with Crippen molar-refractivity contribution in [2.75, 3.05) is 13.7 Å². The SMILES string of the molecule is COC(=O)C1CC(C)(C)CCN(C=O)N1. The van der Waals surface area contributed by atoms with E-state index in [1.165, 1.54) is 12.1 Å². The number of amides is 1. The Morgan fingerprint density at radius 1 is 1.60 bits per heavy atom. The van der Waals surface area contributed by atoms with Gasteiger partial charge in [-0.3, -0.25) is 14.6 Å². The molecular weight excluding hydrogens is 196 g/mol. The van der Waals surface area contributed by atoms with Gasteiger partial charge in [0.1, 0.15) is 6.04 Å². The Bertz CT molecular complexity index is 253. The molecule has 1 saturated heterocycles. The molecule has 86 valence electrons. The van der Waals surface area contributed by atoms with Gasteiger partial charge in [0.2, 0.25) is 6.41 Å². The largest absolute Gasteiger partial charge is 0.468 e. The molecule has 1 aliphatic rings. The fraction of sp³-hybridized carbons (Fsp3) is 0.800. The van der Waals surface area contributed by atoms with Gasteiger partial charge in [0.05, 0.1) is 7.11 Å². The number of carbonyl (C=O) groups excluding carboxylic acids is 2. The highest BCUT2D eigenvalue weighted by molar-refractivity contribution is 5.75. The molecule has 1 atom stereocenters. The zero-order chi connectivity index (χ0) is 11.5. The highest BCUT2D eigenvalue weighted by Crippen LogP contribution is 2.29. The molecule has 0 aliphatic carbocycles. The first-order valence-electron chi connectivity index (χ1n) is 5.04. The van der Waals surface area contributed by atoms with Gasteiger partial charge in [0, 0.05) is 6.54 Å². The van der Waals surface area contributed by atoms with Crippen LogP contribution in [0.25, 0.3) is 0 Å². The normalized spacial score (nSPS) is 25.5.